The van der Waals surface area contributed by atoms with Crippen LogP contribution in [0.3, 0.4) is 0 Å². The van der Waals surface area contributed by atoms with Gasteiger partial charge in [0.05, 0.1) is 17.6 Å². The summed E-state index contributed by atoms with van der Waals surface area (Å²) in [4.78, 5) is 8.46. The average Bonchev–Trinajstić information content (AvgIpc) is 2.16. The van der Waals surface area contributed by atoms with Crippen LogP contribution in [0.15, 0.2) is 6.20 Å². The second-order valence-electron chi connectivity index (χ2n) is 2.85. The van der Waals surface area contributed by atoms with Gasteiger partial charge in [-0.2, -0.15) is 0 Å². The van der Waals surface area contributed by atoms with Crippen molar-refractivity contribution >= 4 is 5.69 Å². The Morgan fingerprint density at radius 2 is 2.31 bits per heavy atom. The van der Waals surface area contributed by atoms with Crippen molar-refractivity contribution in [3.8, 4) is 0 Å². The Labute approximate surface area is 78.6 Å². The van der Waals surface area contributed by atoms with E-state index in [1.54, 1.807) is 0 Å². The van der Waals surface area contributed by atoms with Gasteiger partial charge in [0, 0.05) is 13.1 Å². The van der Waals surface area contributed by atoms with Crippen LogP contribution in [0.1, 0.15) is 18.4 Å². The topological polar surface area (TPSA) is 63.8 Å². The summed E-state index contributed by atoms with van der Waals surface area (Å²) >= 11 is 0. The Morgan fingerprint density at radius 3 is 2.92 bits per heavy atom. The number of hydrogen-bond donors (Lipinski definition) is 2. The van der Waals surface area contributed by atoms with E-state index >= 15 is 0 Å². The first-order chi connectivity index (χ1) is 6.27. The molecular formula is C9H16N4. The molecule has 1 aromatic rings. The Balaban J connectivity index is 2.79. The summed E-state index contributed by atoms with van der Waals surface area (Å²) in [6, 6.07) is 0. The number of hydrogen-bond acceptors (Lipinski definition) is 4. The monoisotopic (exact) mass is 180 g/mol. The van der Waals surface area contributed by atoms with Gasteiger partial charge in [0.25, 0.3) is 0 Å². The van der Waals surface area contributed by atoms with Gasteiger partial charge in [-0.15, -0.1) is 0 Å². The maximum absolute atomic E-state index is 5.39. The molecule has 0 bridgehead atoms. The molecule has 0 atom stereocenters. The zero-order valence-electron chi connectivity index (χ0n) is 8.17. The van der Waals surface area contributed by atoms with E-state index < -0.39 is 0 Å². The van der Waals surface area contributed by atoms with Crippen LogP contribution < -0.4 is 11.1 Å². The van der Waals surface area contributed by atoms with E-state index in [1.165, 1.54) is 0 Å². The molecule has 0 saturated heterocycles. The van der Waals surface area contributed by atoms with Crippen LogP contribution in [0.5, 0.6) is 0 Å². The molecule has 0 unspecified atom stereocenters. The van der Waals surface area contributed by atoms with E-state index in [0.717, 1.165) is 30.2 Å². The molecule has 0 fully saturated rings. The first kappa shape index (κ1) is 9.92. The first-order valence-corrected chi connectivity index (χ1v) is 4.54. The van der Waals surface area contributed by atoms with Crippen LogP contribution in [0.25, 0.3) is 0 Å². The van der Waals surface area contributed by atoms with Crippen molar-refractivity contribution in [2.24, 2.45) is 5.73 Å². The smallest absolute Gasteiger partial charge is 0.125 e. The highest BCUT2D eigenvalue weighted by molar-refractivity contribution is 5.45. The zero-order valence-corrected chi connectivity index (χ0v) is 8.17. The molecule has 0 aliphatic carbocycles. The third-order valence-electron chi connectivity index (χ3n) is 1.78. The number of aryl methyl sites for hydroxylation is 2. The summed E-state index contributed by atoms with van der Waals surface area (Å²) in [6.07, 6.45) is 2.73. The van der Waals surface area contributed by atoms with E-state index in [-0.39, 0.29) is 0 Å². The predicted octanol–water partition coefficient (Wildman–Crippen LogP) is 0.718. The highest BCUT2D eigenvalue weighted by Crippen LogP contribution is 2.11. The van der Waals surface area contributed by atoms with Gasteiger partial charge in [-0.3, -0.25) is 0 Å². The van der Waals surface area contributed by atoms with Crippen molar-refractivity contribution in [1.82, 2.24) is 9.97 Å². The summed E-state index contributed by atoms with van der Waals surface area (Å²) in [5.41, 5.74) is 7.45. The molecule has 4 nitrogen and oxygen atoms in total. The van der Waals surface area contributed by atoms with Crippen molar-refractivity contribution in [1.29, 1.82) is 0 Å². The summed E-state index contributed by atoms with van der Waals surface area (Å²) in [6.45, 7) is 5.36. The van der Waals surface area contributed by atoms with E-state index in [9.17, 15) is 0 Å². The highest BCUT2D eigenvalue weighted by Gasteiger charge is 2.01. The quantitative estimate of drug-likeness (QED) is 0.716. The van der Waals surface area contributed by atoms with Gasteiger partial charge in [-0.25, -0.2) is 9.97 Å². The number of nitrogens with one attached hydrogen (secondary N) is 1. The van der Waals surface area contributed by atoms with Gasteiger partial charge >= 0.3 is 0 Å². The molecule has 0 aliphatic heterocycles. The number of aromatic nitrogens is 2. The van der Waals surface area contributed by atoms with Crippen LogP contribution in [0.4, 0.5) is 5.69 Å². The number of nitrogens with two attached hydrogens (primary N) is 1. The number of nitrogens with zero attached hydrogens (tertiary/aromatic N) is 2. The summed E-state index contributed by atoms with van der Waals surface area (Å²) in [5, 5.41) is 3.19. The van der Waals surface area contributed by atoms with Crippen molar-refractivity contribution in [2.45, 2.75) is 20.3 Å². The fraction of sp³-hybridized carbons (Fsp3) is 0.556. The molecule has 13 heavy (non-hydrogen) atoms. The minimum Gasteiger partial charge on any atom is -0.381 e. The third kappa shape index (κ3) is 2.66. The Hall–Kier alpha value is -1.16. The summed E-state index contributed by atoms with van der Waals surface area (Å²) in [5.74, 6) is 0.815. The second kappa shape index (κ2) is 4.77. The SMILES string of the molecule is CCc1nc(C)ncc1NCCN. The molecular weight excluding hydrogens is 164 g/mol. The van der Waals surface area contributed by atoms with Crippen LogP contribution >= 0.6 is 0 Å². The summed E-state index contributed by atoms with van der Waals surface area (Å²) in [7, 11) is 0. The van der Waals surface area contributed by atoms with Crippen molar-refractivity contribution < 1.29 is 0 Å². The molecule has 0 radical (unpaired) electrons. The molecule has 3 N–H and O–H groups in total. The third-order valence-corrected chi connectivity index (χ3v) is 1.78. The lowest BCUT2D eigenvalue weighted by Gasteiger charge is -2.08. The second-order valence-corrected chi connectivity index (χ2v) is 2.85. The maximum atomic E-state index is 5.39. The molecule has 0 aliphatic rings. The fourth-order valence-corrected chi connectivity index (χ4v) is 1.14. The Bertz CT molecular complexity index is 272. The normalized spacial score (nSPS) is 10.1. The van der Waals surface area contributed by atoms with Crippen LogP contribution in [0.2, 0.25) is 0 Å². The standard InChI is InChI=1S/C9H16N4/c1-3-8-9(11-5-4-10)6-12-7(2)13-8/h6,11H,3-5,10H2,1-2H3. The number of anilines is 1. The van der Waals surface area contributed by atoms with E-state index in [0.29, 0.717) is 6.54 Å². The lowest BCUT2D eigenvalue weighted by molar-refractivity contribution is 0.934. The molecule has 72 valence electrons. The lowest BCUT2D eigenvalue weighted by Crippen LogP contribution is -2.15. The largest absolute Gasteiger partial charge is 0.381 e. The van der Waals surface area contributed by atoms with Crippen molar-refractivity contribution in [3.63, 3.8) is 0 Å². The van der Waals surface area contributed by atoms with Gasteiger partial charge in [0.2, 0.25) is 0 Å². The van der Waals surface area contributed by atoms with Gasteiger partial charge in [-0.1, -0.05) is 6.92 Å². The molecule has 0 aromatic carbocycles. The molecule has 4 heteroatoms. The van der Waals surface area contributed by atoms with Gasteiger partial charge in [0.1, 0.15) is 5.82 Å². The van der Waals surface area contributed by atoms with Crippen LogP contribution in [0, 0.1) is 6.92 Å². The van der Waals surface area contributed by atoms with Crippen LogP contribution in [-0.2, 0) is 6.42 Å². The zero-order chi connectivity index (χ0) is 9.68. The molecule has 0 saturated carbocycles. The molecule has 0 spiro atoms. The fourth-order valence-electron chi connectivity index (χ4n) is 1.14. The summed E-state index contributed by atoms with van der Waals surface area (Å²) < 4.78 is 0. The van der Waals surface area contributed by atoms with E-state index in [1.807, 2.05) is 13.1 Å². The van der Waals surface area contributed by atoms with E-state index in [4.69, 9.17) is 5.73 Å². The van der Waals surface area contributed by atoms with Crippen LogP contribution in [-0.4, -0.2) is 23.1 Å². The average molecular weight is 180 g/mol. The first-order valence-electron chi connectivity index (χ1n) is 4.54. The Morgan fingerprint density at radius 1 is 1.54 bits per heavy atom. The van der Waals surface area contributed by atoms with Gasteiger partial charge in [-0.05, 0) is 13.3 Å². The predicted molar refractivity (Wildman–Crippen MR) is 53.7 cm³/mol. The Kier molecular flexibility index (Phi) is 3.64. The van der Waals surface area contributed by atoms with E-state index in [2.05, 4.69) is 22.2 Å². The van der Waals surface area contributed by atoms with Crippen molar-refractivity contribution in [3.05, 3.63) is 17.7 Å². The van der Waals surface area contributed by atoms with Crippen molar-refractivity contribution in [2.75, 3.05) is 18.4 Å². The lowest BCUT2D eigenvalue weighted by atomic mass is 10.2. The minimum atomic E-state index is 0.622. The van der Waals surface area contributed by atoms with Gasteiger partial charge in [0.15, 0.2) is 0 Å². The molecule has 1 rings (SSSR count). The maximum Gasteiger partial charge on any atom is 0.125 e. The molecule has 1 aromatic heterocycles. The molecule has 0 amide bonds. The highest BCUT2D eigenvalue weighted by atomic mass is 15.0. The number of rotatable bonds is 4. The minimum absolute atomic E-state index is 0.622. The molecule has 1 heterocycles. The van der Waals surface area contributed by atoms with Gasteiger partial charge < -0.3 is 11.1 Å².